The van der Waals surface area contributed by atoms with Gasteiger partial charge in [0.05, 0.1) is 66.5 Å². The van der Waals surface area contributed by atoms with Crippen molar-refractivity contribution >= 4 is 170 Å². The molecule has 1 aliphatic rings. The zero-order valence-electron chi connectivity index (χ0n) is 63.0. The van der Waals surface area contributed by atoms with Crippen LogP contribution in [0, 0.1) is 6.92 Å². The number of thiophene rings is 2. The van der Waals surface area contributed by atoms with Crippen LogP contribution >= 0.6 is 45.9 Å². The lowest BCUT2D eigenvalue weighted by atomic mass is 10.0. The van der Waals surface area contributed by atoms with E-state index in [4.69, 9.17) is 32.7 Å². The molecule has 5 heterocycles. The number of halogens is 2. The smallest absolute Gasteiger partial charge is 0.336 e. The fourth-order valence-electron chi connectivity index (χ4n) is 11.1. The van der Waals surface area contributed by atoms with Crippen molar-refractivity contribution in [2.75, 3.05) is 54.1 Å². The summed E-state index contributed by atoms with van der Waals surface area (Å²) in [7, 11) is -4.05. The van der Waals surface area contributed by atoms with Gasteiger partial charge < -0.3 is 82.7 Å². The van der Waals surface area contributed by atoms with E-state index in [-0.39, 0.29) is 61.1 Å². The van der Waals surface area contributed by atoms with Gasteiger partial charge in [-0.1, -0.05) is 97.2 Å². The fraction of sp³-hybridized carbons (Fsp3) is 0.211. The number of ether oxygens (including phenoxy) is 2. The quantitative estimate of drug-likeness (QED) is 0.0138. The number of unbranched alkanes of at least 4 members (excludes halogenated alkanes) is 1. The number of para-hydroxylation sites is 2. The number of nitrogens with zero attached hydrogens (tertiary/aromatic N) is 5. The number of carboxylic acids is 3. The third-order valence-corrected chi connectivity index (χ3v) is 21.7. The van der Waals surface area contributed by atoms with Crippen LogP contribution in [0.25, 0.3) is 11.4 Å². The number of amides is 2. The van der Waals surface area contributed by atoms with Crippen LogP contribution in [0.2, 0.25) is 10.0 Å². The first-order valence-electron chi connectivity index (χ1n) is 35.4. The van der Waals surface area contributed by atoms with Crippen LogP contribution in [-0.2, 0) is 80.8 Å². The number of urea groups is 1. The first-order valence-corrected chi connectivity index (χ1v) is 43.7. The molecule has 2 amide bonds. The average Bonchev–Trinajstić information content (AvgIpc) is 1.34. The number of aryl methyl sites for hydroxylation is 5. The molecule has 0 spiro atoms. The number of nitrogens with one attached hydrogen (secondary N) is 9. The number of aromatic nitrogens is 5. The van der Waals surface area contributed by atoms with Gasteiger partial charge in [0.2, 0.25) is 5.82 Å². The maximum Gasteiger partial charge on any atom is 0.336 e. The van der Waals surface area contributed by atoms with Crippen LogP contribution in [-0.4, -0.2) is 134 Å². The Kier molecular flexibility index (Phi) is 36.3. The molecule has 11 aromatic rings. The molecule has 1 aliphatic heterocycles. The second kappa shape index (κ2) is 46.2. The lowest BCUT2D eigenvalue weighted by Gasteiger charge is -2.24. The molecule has 0 saturated carbocycles. The summed E-state index contributed by atoms with van der Waals surface area (Å²) in [6.45, 7) is 9.56. The number of aromatic amines is 1. The van der Waals surface area contributed by atoms with Crippen molar-refractivity contribution in [2.45, 2.75) is 90.0 Å². The minimum absolute atomic E-state index is 0.00439. The van der Waals surface area contributed by atoms with Crippen molar-refractivity contribution in [1.29, 1.82) is 0 Å². The van der Waals surface area contributed by atoms with E-state index in [2.05, 4.69) is 66.5 Å². The Morgan fingerprint density at radius 1 is 0.610 bits per heavy atom. The highest BCUT2D eigenvalue weighted by atomic mass is 35.5. The number of rotatable bonds is 32. The van der Waals surface area contributed by atoms with Crippen LogP contribution in [0.3, 0.4) is 0 Å². The van der Waals surface area contributed by atoms with E-state index < -0.39 is 79.0 Å². The second-order valence-corrected chi connectivity index (χ2v) is 32.5. The molecule has 4 atom stereocenters. The lowest BCUT2D eigenvalue weighted by molar-refractivity contribution is 0.0685. The van der Waals surface area contributed by atoms with Gasteiger partial charge in [-0.15, -0.1) is 32.9 Å². The van der Waals surface area contributed by atoms with Crippen molar-refractivity contribution in [3.8, 4) is 34.4 Å². The number of hydrogen-bond acceptors (Lipinski definition) is 25. The number of H-pyrrole nitrogens is 1. The minimum atomic E-state index is -4.05. The van der Waals surface area contributed by atoms with Crippen molar-refractivity contribution < 1.29 is 87.4 Å². The summed E-state index contributed by atoms with van der Waals surface area (Å²) in [4.78, 5) is 53.9. The van der Waals surface area contributed by atoms with Gasteiger partial charge in [0.15, 0.2) is 11.5 Å². The Balaban J connectivity index is 0.000000184. The van der Waals surface area contributed by atoms with Crippen LogP contribution in [0.15, 0.2) is 192 Å². The molecule has 0 aliphatic carbocycles. The number of carbonyl (C=O) groups is 4. The number of carbonyl (C=O) groups excluding carboxylic acids is 1. The molecular formula is C76H78Cl2N14O19S7-4. The molecule has 0 bridgehead atoms. The van der Waals surface area contributed by atoms with E-state index in [1.807, 2.05) is 88.8 Å². The van der Waals surface area contributed by atoms with Crippen LogP contribution in [0.4, 0.5) is 50.3 Å². The highest BCUT2D eigenvalue weighted by Crippen LogP contribution is 2.43. The summed E-state index contributed by atoms with van der Waals surface area (Å²) in [6.07, 6.45) is 9.26. The minimum Gasteiger partial charge on any atom is -0.755 e. The summed E-state index contributed by atoms with van der Waals surface area (Å²) in [6, 6.07) is 45.3. The first kappa shape index (κ1) is 92.5. The molecule has 12 N–H and O–H groups in total. The summed E-state index contributed by atoms with van der Waals surface area (Å²) < 4.78 is 135. The number of hydrogen-bond donors (Lipinski definition) is 12. The monoisotopic (exact) mass is 1780 g/mol. The largest absolute Gasteiger partial charge is 0.755 e. The molecule has 4 aromatic heterocycles. The Hall–Kier alpha value is -11.0. The summed E-state index contributed by atoms with van der Waals surface area (Å²) >= 11 is 5.18. The highest BCUT2D eigenvalue weighted by Gasteiger charge is 2.26. The molecule has 42 heteroatoms. The average molecular weight is 1790 g/mol. The second-order valence-electron chi connectivity index (χ2n) is 25.3. The summed E-state index contributed by atoms with van der Waals surface area (Å²) in [5.41, 5.74) is 5.74. The molecule has 626 valence electrons. The van der Waals surface area contributed by atoms with Gasteiger partial charge in [0.25, 0.3) is 10.0 Å². The molecule has 12 rings (SSSR count). The van der Waals surface area contributed by atoms with Crippen molar-refractivity contribution in [2.24, 2.45) is 0 Å². The molecule has 4 unspecified atom stereocenters. The van der Waals surface area contributed by atoms with E-state index >= 15 is 0 Å². The zero-order valence-corrected chi connectivity index (χ0v) is 70.2. The summed E-state index contributed by atoms with van der Waals surface area (Å²) in [5, 5.41) is 54.9. The van der Waals surface area contributed by atoms with Gasteiger partial charge in [-0.25, -0.2) is 32.3 Å². The number of anilines is 8. The first-order chi connectivity index (χ1) is 56.4. The van der Waals surface area contributed by atoms with E-state index in [0.29, 0.717) is 75.7 Å². The normalized spacial score (nSPS) is 12.4. The molecule has 1 saturated heterocycles. The van der Waals surface area contributed by atoms with Gasteiger partial charge in [-0.05, 0) is 202 Å². The van der Waals surface area contributed by atoms with Gasteiger partial charge in [0, 0.05) is 104 Å². The van der Waals surface area contributed by atoms with E-state index in [0.717, 1.165) is 73.3 Å². The zero-order chi connectivity index (χ0) is 85.4. The van der Waals surface area contributed by atoms with Gasteiger partial charge in [0.1, 0.15) is 16.4 Å². The number of carboxylic acid groups (broad SMARTS) is 3. The Morgan fingerprint density at radius 2 is 1.14 bits per heavy atom. The molecule has 0 radical (unpaired) electrons. The third-order valence-electron chi connectivity index (χ3n) is 16.3. The lowest BCUT2D eigenvalue weighted by Crippen LogP contribution is -2.42. The predicted molar refractivity (Wildman–Crippen MR) is 454 cm³/mol. The van der Waals surface area contributed by atoms with Gasteiger partial charge in [-0.3, -0.25) is 21.8 Å². The molecule has 118 heavy (non-hydrogen) atoms. The highest BCUT2D eigenvalue weighted by molar-refractivity contribution is 7.90. The Bertz CT molecular complexity index is 5400. The van der Waals surface area contributed by atoms with Crippen molar-refractivity contribution in [3.63, 3.8) is 0 Å². The topological polar surface area (TPSA) is 509 Å². The molecule has 1 fully saturated rings. The third kappa shape index (κ3) is 29.6. The number of benzene rings is 7. The SMILES string of the molecule is CCCCNc1cc(C(=O)O)cc(NS(=O)[O-])c1Oc1ccccc1.Cc1cccc(Nc2ccncc2S(=O)(=O)NC(=O)NC(C)C)c1.O=C(O)c1cc(NS(=O)[O-])c(Cl)cc1CCc1cccs1.O=C(O)c1cc(NS(=O)[O-])c(Oc2ccccc2)c(N2CCCC2)c1.O=S([O-])Nc1cc(-c2nn[nH]n2)c(CCc2cccs2)cc1Cl. The Labute approximate surface area is 706 Å². The maximum absolute atomic E-state index is 12.5. The molecule has 33 nitrogen and oxygen atoms in total. The maximum atomic E-state index is 12.5. The van der Waals surface area contributed by atoms with Crippen LogP contribution in [0.5, 0.6) is 23.0 Å². The van der Waals surface area contributed by atoms with E-state index in [1.165, 1.54) is 59.7 Å². The predicted octanol–water partition coefficient (Wildman–Crippen LogP) is 14.8. The number of tetrazole rings is 1. The fourth-order valence-corrected chi connectivity index (χ4v) is 15.5. The van der Waals surface area contributed by atoms with Crippen LogP contribution < -0.4 is 53.9 Å². The van der Waals surface area contributed by atoms with Crippen molar-refractivity contribution in [1.82, 2.24) is 35.6 Å². The van der Waals surface area contributed by atoms with E-state index in [9.17, 15) is 78.0 Å². The number of pyridine rings is 1. The molecular weight excluding hydrogens is 1710 g/mol. The van der Waals surface area contributed by atoms with Crippen molar-refractivity contribution in [3.05, 3.63) is 240 Å². The number of sulfonamides is 1. The molecule has 7 aromatic carbocycles. The number of aromatic carboxylic acids is 3. The summed E-state index contributed by atoms with van der Waals surface area (Å²) in [5.74, 6) is -1.47. The Morgan fingerprint density at radius 3 is 1.66 bits per heavy atom. The van der Waals surface area contributed by atoms with Gasteiger partial charge >= 0.3 is 23.9 Å². The van der Waals surface area contributed by atoms with E-state index in [1.54, 1.807) is 97.2 Å². The van der Waals surface area contributed by atoms with Gasteiger partial charge in [-0.2, -0.15) is 5.21 Å². The van der Waals surface area contributed by atoms with Crippen LogP contribution in [0.1, 0.15) is 104 Å². The standard InChI is InChI=1S/C17H18N2O5S.C17H20N2O5S.C16H20N4O3S.C13H12ClN5O2S2.C13H12ClNO4S2/c20-17(21)12-10-14(18-25(22)23)16(24-13-6-2-1-3-7-13)15(11-12)19-8-4-5-9-19;1-2-3-9-18-14-10-12(17(20)21)11-15(19-25(22)23)16(14)24-13-7-5-4-6-8-13;1-11(2)18-16(21)20-24(22,23)15-10-17-8-7-14(15)19-13-6-4-5-12(3)9-13;14-11-6-8(3-4-9-2-1-5-22-9)10(13-15-18-19-16-13)7-12(11)17-23(20)21;14-11-6-8(3-4-9-2-1-5-20-9)10(13(16)17)7-12(11)15-21(18)19/h1-3,6-7,10-11,18H,4-5,8-9H2,(H,20,21)(H,22,23);4-8,10-11,18-19H,2-3,9H2,1H3,(H,20,21)(H,22,23);4-11H,1-3H3,(H,17,19)(H2,18,20,21);1-2,5-7,17H,3-4H2,(H,20,21)(H,15,16,18,19);1-2,5-7,15H,3-4H2,(H,16,17)(H,18,19)/p-4.